The predicted molar refractivity (Wildman–Crippen MR) is 91.7 cm³/mol. The molecule has 23 heavy (non-hydrogen) atoms. The standard InChI is InChI=1S/C17H22N4OS/c1-4-18-16(19-5-1)21-6-3-17(13-21)12-20(7-8-22-14-17)10-15-2-9-23-11-15/h1-2,4-5,9,11H,3,6-8,10,12-14H2/t17-/m0/s1. The van der Waals surface area contributed by atoms with Crippen LogP contribution < -0.4 is 4.90 Å². The highest BCUT2D eigenvalue weighted by atomic mass is 32.1. The number of hydrogen-bond acceptors (Lipinski definition) is 6. The number of aromatic nitrogens is 2. The van der Waals surface area contributed by atoms with Crippen LogP contribution in [0.15, 0.2) is 35.3 Å². The number of nitrogens with zero attached hydrogens (tertiary/aromatic N) is 4. The van der Waals surface area contributed by atoms with Crippen molar-refractivity contribution in [1.82, 2.24) is 14.9 Å². The smallest absolute Gasteiger partial charge is 0.225 e. The van der Waals surface area contributed by atoms with Gasteiger partial charge in [0.25, 0.3) is 0 Å². The van der Waals surface area contributed by atoms with E-state index in [1.165, 1.54) is 5.56 Å². The van der Waals surface area contributed by atoms with Crippen molar-refractivity contribution >= 4 is 17.3 Å². The van der Waals surface area contributed by atoms with E-state index in [0.29, 0.717) is 0 Å². The van der Waals surface area contributed by atoms with E-state index in [9.17, 15) is 0 Å². The van der Waals surface area contributed by atoms with E-state index in [-0.39, 0.29) is 5.41 Å². The third-order valence-corrected chi connectivity index (χ3v) is 5.51. The van der Waals surface area contributed by atoms with Gasteiger partial charge in [0.05, 0.1) is 13.2 Å². The van der Waals surface area contributed by atoms with Crippen molar-refractivity contribution in [2.24, 2.45) is 5.41 Å². The monoisotopic (exact) mass is 330 g/mol. The lowest BCUT2D eigenvalue weighted by Crippen LogP contribution is -2.40. The average Bonchev–Trinajstić information content (AvgIpc) is 3.18. The van der Waals surface area contributed by atoms with Crippen LogP contribution in [0.4, 0.5) is 5.95 Å². The van der Waals surface area contributed by atoms with Crippen molar-refractivity contribution in [3.8, 4) is 0 Å². The maximum atomic E-state index is 5.96. The van der Waals surface area contributed by atoms with E-state index in [0.717, 1.165) is 58.3 Å². The van der Waals surface area contributed by atoms with Crippen LogP contribution in [0, 0.1) is 5.41 Å². The Labute approximate surface area is 140 Å². The first-order chi connectivity index (χ1) is 11.3. The Bertz CT molecular complexity index is 621. The summed E-state index contributed by atoms with van der Waals surface area (Å²) >= 11 is 1.77. The summed E-state index contributed by atoms with van der Waals surface area (Å²) in [6.07, 6.45) is 4.78. The molecule has 6 heteroatoms. The molecular weight excluding hydrogens is 308 g/mol. The predicted octanol–water partition coefficient (Wildman–Crippen LogP) is 2.27. The quantitative estimate of drug-likeness (QED) is 0.863. The Balaban J connectivity index is 1.46. The largest absolute Gasteiger partial charge is 0.379 e. The molecule has 1 atom stereocenters. The first kappa shape index (κ1) is 15.1. The van der Waals surface area contributed by atoms with Crippen LogP contribution in [0.3, 0.4) is 0 Å². The summed E-state index contributed by atoms with van der Waals surface area (Å²) in [5.41, 5.74) is 1.61. The van der Waals surface area contributed by atoms with Gasteiger partial charge in [-0.1, -0.05) is 0 Å². The van der Waals surface area contributed by atoms with E-state index in [4.69, 9.17) is 4.74 Å². The lowest BCUT2D eigenvalue weighted by molar-refractivity contribution is 0.0798. The number of hydrogen-bond donors (Lipinski definition) is 0. The summed E-state index contributed by atoms with van der Waals surface area (Å²) < 4.78 is 5.96. The average molecular weight is 330 g/mol. The summed E-state index contributed by atoms with van der Waals surface area (Å²) in [7, 11) is 0. The minimum absolute atomic E-state index is 0.200. The zero-order chi connectivity index (χ0) is 15.5. The van der Waals surface area contributed by atoms with Crippen molar-refractivity contribution in [2.45, 2.75) is 13.0 Å². The molecule has 0 N–H and O–H groups in total. The molecule has 0 bridgehead atoms. The molecule has 2 saturated heterocycles. The molecule has 0 radical (unpaired) electrons. The lowest BCUT2D eigenvalue weighted by atomic mass is 9.87. The van der Waals surface area contributed by atoms with Gasteiger partial charge in [0.1, 0.15) is 0 Å². The molecule has 2 aromatic rings. The van der Waals surface area contributed by atoms with E-state index in [1.54, 1.807) is 11.3 Å². The Kier molecular flexibility index (Phi) is 4.29. The number of rotatable bonds is 3. The van der Waals surface area contributed by atoms with Gasteiger partial charge < -0.3 is 9.64 Å². The van der Waals surface area contributed by atoms with Gasteiger partial charge in [0, 0.05) is 50.5 Å². The van der Waals surface area contributed by atoms with Crippen molar-refractivity contribution in [3.05, 3.63) is 40.8 Å². The maximum Gasteiger partial charge on any atom is 0.225 e. The molecular formula is C17H22N4OS. The second-order valence-corrected chi connectivity index (χ2v) is 7.40. The van der Waals surface area contributed by atoms with Gasteiger partial charge in [-0.3, -0.25) is 4.90 Å². The lowest BCUT2D eigenvalue weighted by Gasteiger charge is -2.31. The molecule has 1 spiro atoms. The first-order valence-corrected chi connectivity index (χ1v) is 9.11. The van der Waals surface area contributed by atoms with Gasteiger partial charge in [0.2, 0.25) is 5.95 Å². The van der Waals surface area contributed by atoms with Crippen molar-refractivity contribution in [3.63, 3.8) is 0 Å². The Morgan fingerprint density at radius 1 is 1.22 bits per heavy atom. The van der Waals surface area contributed by atoms with Crippen LogP contribution in [-0.4, -0.2) is 54.3 Å². The van der Waals surface area contributed by atoms with Gasteiger partial charge in [-0.15, -0.1) is 0 Å². The highest BCUT2D eigenvalue weighted by molar-refractivity contribution is 7.07. The zero-order valence-electron chi connectivity index (χ0n) is 13.2. The fourth-order valence-corrected chi connectivity index (χ4v) is 4.32. The summed E-state index contributed by atoms with van der Waals surface area (Å²) in [5.74, 6) is 0.845. The summed E-state index contributed by atoms with van der Waals surface area (Å²) in [6, 6.07) is 4.09. The highest BCUT2D eigenvalue weighted by Gasteiger charge is 2.41. The normalized spacial score (nSPS) is 25.8. The molecule has 2 fully saturated rings. The fourth-order valence-electron chi connectivity index (χ4n) is 3.66. The van der Waals surface area contributed by atoms with Gasteiger partial charge >= 0.3 is 0 Å². The summed E-state index contributed by atoms with van der Waals surface area (Å²) in [5, 5.41) is 4.40. The molecule has 5 nitrogen and oxygen atoms in total. The van der Waals surface area contributed by atoms with Crippen LogP contribution in [0.5, 0.6) is 0 Å². The molecule has 122 valence electrons. The van der Waals surface area contributed by atoms with Crippen molar-refractivity contribution < 1.29 is 4.74 Å². The Hall–Kier alpha value is -1.50. The van der Waals surface area contributed by atoms with Gasteiger partial charge in [-0.2, -0.15) is 11.3 Å². The summed E-state index contributed by atoms with van der Waals surface area (Å²) in [6.45, 7) is 6.79. The van der Waals surface area contributed by atoms with E-state index in [2.05, 4.69) is 36.6 Å². The minimum Gasteiger partial charge on any atom is -0.379 e. The van der Waals surface area contributed by atoms with E-state index >= 15 is 0 Å². The summed E-state index contributed by atoms with van der Waals surface area (Å²) in [4.78, 5) is 13.7. The van der Waals surface area contributed by atoms with Crippen molar-refractivity contribution in [1.29, 1.82) is 0 Å². The molecule has 2 aromatic heterocycles. The van der Waals surface area contributed by atoms with Crippen LogP contribution in [0.2, 0.25) is 0 Å². The molecule has 0 unspecified atom stereocenters. The molecule has 4 rings (SSSR count). The van der Waals surface area contributed by atoms with Crippen molar-refractivity contribution in [2.75, 3.05) is 44.3 Å². The Morgan fingerprint density at radius 3 is 2.96 bits per heavy atom. The van der Waals surface area contributed by atoms with Crippen LogP contribution in [0.25, 0.3) is 0 Å². The van der Waals surface area contributed by atoms with Gasteiger partial charge in [-0.25, -0.2) is 9.97 Å². The molecule has 0 saturated carbocycles. The second-order valence-electron chi connectivity index (χ2n) is 6.62. The third kappa shape index (κ3) is 3.39. The number of ether oxygens (including phenoxy) is 1. The molecule has 0 amide bonds. The molecule has 0 aliphatic carbocycles. The van der Waals surface area contributed by atoms with Gasteiger partial charge in [-0.05, 0) is 34.9 Å². The van der Waals surface area contributed by atoms with Crippen LogP contribution in [0.1, 0.15) is 12.0 Å². The minimum atomic E-state index is 0.200. The fraction of sp³-hybridized carbons (Fsp3) is 0.529. The van der Waals surface area contributed by atoms with Gasteiger partial charge in [0.15, 0.2) is 0 Å². The first-order valence-electron chi connectivity index (χ1n) is 8.16. The maximum absolute atomic E-state index is 5.96. The van der Waals surface area contributed by atoms with E-state index < -0.39 is 0 Å². The molecule has 2 aliphatic heterocycles. The van der Waals surface area contributed by atoms with E-state index in [1.807, 2.05) is 18.5 Å². The zero-order valence-corrected chi connectivity index (χ0v) is 14.0. The van der Waals surface area contributed by atoms with Crippen LogP contribution >= 0.6 is 11.3 Å². The van der Waals surface area contributed by atoms with Crippen LogP contribution in [-0.2, 0) is 11.3 Å². The molecule has 2 aliphatic rings. The number of thiophene rings is 1. The third-order valence-electron chi connectivity index (χ3n) is 4.78. The second kappa shape index (κ2) is 6.55. The molecule has 0 aromatic carbocycles. The molecule has 4 heterocycles. The topological polar surface area (TPSA) is 41.5 Å². The Morgan fingerprint density at radius 2 is 2.13 bits per heavy atom. The SMILES string of the molecule is c1cnc(N2CC[C@@]3(COCCN(Cc4ccsc4)C3)C2)nc1. The highest BCUT2D eigenvalue weighted by Crippen LogP contribution is 2.35. The number of anilines is 1.